The van der Waals surface area contributed by atoms with E-state index in [0.29, 0.717) is 35.7 Å². The van der Waals surface area contributed by atoms with Crippen molar-refractivity contribution in [1.82, 2.24) is 20.8 Å². The standard InChI is InChI=1S/C19H26ClN5O.HI/c1-2-21-19(23-16-6-4-3-5-7-16)22-13-12-17-24-18(25-26-17)14-8-10-15(20)11-9-14;/h8-11,16H,2-7,12-13H2,1H3,(H2,21,22,23);1H. The van der Waals surface area contributed by atoms with E-state index in [4.69, 9.17) is 16.1 Å². The van der Waals surface area contributed by atoms with Gasteiger partial charge in [-0.25, -0.2) is 0 Å². The van der Waals surface area contributed by atoms with Gasteiger partial charge < -0.3 is 15.2 Å². The molecule has 0 radical (unpaired) electrons. The van der Waals surface area contributed by atoms with Crippen LogP contribution in [-0.4, -0.2) is 35.2 Å². The van der Waals surface area contributed by atoms with Crippen LogP contribution in [0.2, 0.25) is 5.02 Å². The van der Waals surface area contributed by atoms with Crippen LogP contribution >= 0.6 is 35.6 Å². The van der Waals surface area contributed by atoms with Crippen molar-refractivity contribution in [2.75, 3.05) is 13.1 Å². The minimum absolute atomic E-state index is 0. The van der Waals surface area contributed by atoms with E-state index in [1.165, 1.54) is 32.1 Å². The monoisotopic (exact) mass is 503 g/mol. The van der Waals surface area contributed by atoms with Crippen molar-refractivity contribution in [3.63, 3.8) is 0 Å². The van der Waals surface area contributed by atoms with Crippen LogP contribution in [0.4, 0.5) is 0 Å². The first-order valence-corrected chi connectivity index (χ1v) is 9.76. The summed E-state index contributed by atoms with van der Waals surface area (Å²) in [5, 5.41) is 11.6. The first kappa shape index (κ1) is 21.9. The molecule has 1 fully saturated rings. The Hall–Kier alpha value is -1.35. The number of hydrogen-bond acceptors (Lipinski definition) is 4. The topological polar surface area (TPSA) is 75.3 Å². The molecule has 0 aliphatic heterocycles. The second-order valence-electron chi connectivity index (χ2n) is 6.51. The van der Waals surface area contributed by atoms with Crippen LogP contribution in [0.5, 0.6) is 0 Å². The fourth-order valence-electron chi connectivity index (χ4n) is 3.10. The molecular formula is C19H27ClIN5O. The molecule has 0 spiro atoms. The highest BCUT2D eigenvalue weighted by Crippen LogP contribution is 2.19. The van der Waals surface area contributed by atoms with Crippen molar-refractivity contribution in [2.24, 2.45) is 4.99 Å². The Kier molecular flexibility index (Phi) is 9.33. The van der Waals surface area contributed by atoms with Crippen LogP contribution in [0, 0.1) is 0 Å². The number of aliphatic imine (C=N–C) groups is 1. The number of rotatable bonds is 6. The zero-order valence-electron chi connectivity index (χ0n) is 15.6. The molecule has 148 valence electrons. The van der Waals surface area contributed by atoms with Gasteiger partial charge in [0.2, 0.25) is 11.7 Å². The minimum atomic E-state index is 0. The van der Waals surface area contributed by atoms with E-state index in [1.54, 1.807) is 0 Å². The van der Waals surface area contributed by atoms with E-state index in [9.17, 15) is 0 Å². The first-order valence-electron chi connectivity index (χ1n) is 9.38. The molecule has 3 rings (SSSR count). The molecule has 1 saturated carbocycles. The molecule has 1 aromatic heterocycles. The summed E-state index contributed by atoms with van der Waals surface area (Å²) in [7, 11) is 0. The molecule has 1 aliphatic carbocycles. The molecule has 8 heteroatoms. The summed E-state index contributed by atoms with van der Waals surface area (Å²) in [5.74, 6) is 2.04. The van der Waals surface area contributed by atoms with Crippen LogP contribution in [-0.2, 0) is 6.42 Å². The predicted molar refractivity (Wildman–Crippen MR) is 120 cm³/mol. The largest absolute Gasteiger partial charge is 0.357 e. The highest BCUT2D eigenvalue weighted by atomic mass is 127. The molecule has 2 N–H and O–H groups in total. The Morgan fingerprint density at radius 2 is 1.96 bits per heavy atom. The maximum Gasteiger partial charge on any atom is 0.228 e. The van der Waals surface area contributed by atoms with E-state index in [-0.39, 0.29) is 24.0 Å². The molecule has 0 saturated heterocycles. The molecular weight excluding hydrogens is 477 g/mol. The maximum absolute atomic E-state index is 5.91. The Morgan fingerprint density at radius 1 is 1.22 bits per heavy atom. The van der Waals surface area contributed by atoms with Crippen molar-refractivity contribution in [3.8, 4) is 11.4 Å². The fourth-order valence-corrected chi connectivity index (χ4v) is 3.22. The summed E-state index contributed by atoms with van der Waals surface area (Å²) in [5.41, 5.74) is 0.889. The third kappa shape index (κ3) is 6.95. The highest BCUT2D eigenvalue weighted by Gasteiger charge is 2.14. The van der Waals surface area contributed by atoms with Crippen molar-refractivity contribution in [2.45, 2.75) is 51.5 Å². The van der Waals surface area contributed by atoms with E-state index in [2.05, 4.69) is 32.7 Å². The van der Waals surface area contributed by atoms with Gasteiger partial charge in [-0.05, 0) is 44.0 Å². The van der Waals surface area contributed by atoms with E-state index >= 15 is 0 Å². The molecule has 1 aromatic carbocycles. The molecule has 0 amide bonds. The molecule has 6 nitrogen and oxygen atoms in total. The summed E-state index contributed by atoms with van der Waals surface area (Å²) in [6.07, 6.45) is 7.00. The summed E-state index contributed by atoms with van der Waals surface area (Å²) >= 11 is 5.91. The van der Waals surface area contributed by atoms with Crippen LogP contribution in [0.15, 0.2) is 33.8 Å². The van der Waals surface area contributed by atoms with Crippen LogP contribution in [0.3, 0.4) is 0 Å². The smallest absolute Gasteiger partial charge is 0.228 e. The maximum atomic E-state index is 5.91. The summed E-state index contributed by atoms with van der Waals surface area (Å²) in [4.78, 5) is 9.08. The van der Waals surface area contributed by atoms with Crippen molar-refractivity contribution < 1.29 is 4.52 Å². The van der Waals surface area contributed by atoms with Crippen LogP contribution < -0.4 is 10.6 Å². The van der Waals surface area contributed by atoms with Crippen molar-refractivity contribution in [1.29, 1.82) is 0 Å². The SMILES string of the molecule is CCNC(=NCCc1nc(-c2ccc(Cl)cc2)no1)NC1CCCCC1.I. The number of halogens is 2. The third-order valence-corrected chi connectivity index (χ3v) is 4.71. The zero-order chi connectivity index (χ0) is 18.2. The molecule has 1 heterocycles. The number of aromatic nitrogens is 2. The number of guanidine groups is 1. The molecule has 27 heavy (non-hydrogen) atoms. The van der Waals surface area contributed by atoms with Gasteiger partial charge in [-0.15, -0.1) is 24.0 Å². The lowest BCUT2D eigenvalue weighted by atomic mass is 9.96. The van der Waals surface area contributed by atoms with Gasteiger partial charge in [0.05, 0.1) is 6.54 Å². The van der Waals surface area contributed by atoms with Crippen LogP contribution in [0.1, 0.15) is 44.9 Å². The van der Waals surface area contributed by atoms with Crippen molar-refractivity contribution >= 4 is 41.5 Å². The minimum Gasteiger partial charge on any atom is -0.357 e. The molecule has 0 atom stereocenters. The number of nitrogens with zero attached hydrogens (tertiary/aromatic N) is 3. The predicted octanol–water partition coefficient (Wildman–Crippen LogP) is 4.44. The summed E-state index contributed by atoms with van der Waals surface area (Å²) in [6, 6.07) is 7.92. The van der Waals surface area contributed by atoms with Gasteiger partial charge in [-0.2, -0.15) is 4.98 Å². The average Bonchev–Trinajstić information content (AvgIpc) is 3.12. The van der Waals surface area contributed by atoms with Gasteiger partial charge in [-0.3, -0.25) is 4.99 Å². The zero-order valence-corrected chi connectivity index (χ0v) is 18.7. The number of nitrogens with one attached hydrogen (secondary N) is 2. The fraction of sp³-hybridized carbons (Fsp3) is 0.526. The number of hydrogen-bond donors (Lipinski definition) is 2. The van der Waals surface area contributed by atoms with Gasteiger partial charge in [0.1, 0.15) is 0 Å². The van der Waals surface area contributed by atoms with Gasteiger partial charge >= 0.3 is 0 Å². The highest BCUT2D eigenvalue weighted by molar-refractivity contribution is 14.0. The second-order valence-corrected chi connectivity index (χ2v) is 6.94. The van der Waals surface area contributed by atoms with Gasteiger partial charge in [0.25, 0.3) is 0 Å². The van der Waals surface area contributed by atoms with E-state index in [0.717, 1.165) is 18.1 Å². The molecule has 0 unspecified atom stereocenters. The lowest BCUT2D eigenvalue weighted by Gasteiger charge is -2.24. The van der Waals surface area contributed by atoms with Gasteiger partial charge in [0.15, 0.2) is 5.96 Å². The Bertz CT molecular complexity index is 713. The molecule has 2 aromatic rings. The number of benzene rings is 1. The second kappa shape index (κ2) is 11.5. The van der Waals surface area contributed by atoms with Crippen LogP contribution in [0.25, 0.3) is 11.4 Å². The molecule has 0 bridgehead atoms. The Labute approximate surface area is 182 Å². The first-order chi connectivity index (χ1) is 12.7. The Morgan fingerprint density at radius 3 is 2.67 bits per heavy atom. The Balaban J connectivity index is 0.00000261. The van der Waals surface area contributed by atoms with E-state index < -0.39 is 0 Å². The summed E-state index contributed by atoms with van der Waals surface area (Å²) < 4.78 is 5.34. The summed E-state index contributed by atoms with van der Waals surface area (Å²) in [6.45, 7) is 3.53. The third-order valence-electron chi connectivity index (χ3n) is 4.46. The quantitative estimate of drug-likeness (QED) is 0.346. The van der Waals surface area contributed by atoms with Crippen molar-refractivity contribution in [3.05, 3.63) is 35.2 Å². The average molecular weight is 504 g/mol. The molecule has 1 aliphatic rings. The van der Waals surface area contributed by atoms with E-state index in [1.807, 2.05) is 24.3 Å². The van der Waals surface area contributed by atoms with Gasteiger partial charge in [0, 0.05) is 29.6 Å². The van der Waals surface area contributed by atoms with Gasteiger partial charge in [-0.1, -0.05) is 36.0 Å². The lowest BCUT2D eigenvalue weighted by molar-refractivity contribution is 0.380. The normalized spacial score (nSPS) is 15.3. The lowest BCUT2D eigenvalue weighted by Crippen LogP contribution is -2.44.